The molecule has 2 rings (SSSR count). The van der Waals surface area contributed by atoms with E-state index in [2.05, 4.69) is 4.90 Å². The predicted octanol–water partition coefficient (Wildman–Crippen LogP) is 0.111. The van der Waals surface area contributed by atoms with E-state index in [4.69, 9.17) is 4.74 Å². The fourth-order valence-electron chi connectivity index (χ4n) is 2.20. The minimum atomic E-state index is -0.0165. The van der Waals surface area contributed by atoms with E-state index in [1.54, 1.807) is 0 Å². The SMILES string of the molecule is COC(=O)[C@H]1CN2CC[C@H]1C2. The normalized spacial score (nSPS) is 41.0. The molecular weight excluding hydrogens is 142 g/mol. The maximum atomic E-state index is 11.2. The van der Waals surface area contributed by atoms with Crippen LogP contribution >= 0.6 is 0 Å². The Morgan fingerprint density at radius 3 is 2.82 bits per heavy atom. The maximum absolute atomic E-state index is 11.2. The van der Waals surface area contributed by atoms with Crippen molar-refractivity contribution in [3.05, 3.63) is 0 Å². The summed E-state index contributed by atoms with van der Waals surface area (Å²) in [6.45, 7) is 3.22. The maximum Gasteiger partial charge on any atom is 0.310 e. The first-order chi connectivity index (χ1) is 5.31. The highest BCUT2D eigenvalue weighted by atomic mass is 16.5. The summed E-state index contributed by atoms with van der Waals surface area (Å²) in [6, 6.07) is 0. The predicted molar refractivity (Wildman–Crippen MR) is 40.1 cm³/mol. The van der Waals surface area contributed by atoms with Gasteiger partial charge in [-0.2, -0.15) is 0 Å². The Kier molecular flexibility index (Phi) is 1.60. The molecule has 2 saturated heterocycles. The second-order valence-corrected chi connectivity index (χ2v) is 3.44. The summed E-state index contributed by atoms with van der Waals surface area (Å²) in [5.41, 5.74) is 0. The molecule has 0 amide bonds. The van der Waals surface area contributed by atoms with E-state index >= 15 is 0 Å². The monoisotopic (exact) mass is 155 g/mol. The second-order valence-electron chi connectivity index (χ2n) is 3.44. The molecular formula is C8H13NO2. The third-order valence-electron chi connectivity index (χ3n) is 2.84. The highest BCUT2D eigenvalue weighted by Crippen LogP contribution is 2.33. The van der Waals surface area contributed by atoms with Crippen molar-refractivity contribution in [1.82, 2.24) is 4.90 Å². The molecule has 2 aliphatic rings. The number of fused-ring (bicyclic) bond motifs is 2. The van der Waals surface area contributed by atoms with Crippen LogP contribution < -0.4 is 0 Å². The van der Waals surface area contributed by atoms with E-state index in [1.165, 1.54) is 20.1 Å². The molecule has 3 nitrogen and oxygen atoms in total. The smallest absolute Gasteiger partial charge is 0.310 e. The molecule has 0 aliphatic carbocycles. The first-order valence-corrected chi connectivity index (χ1v) is 4.11. The first kappa shape index (κ1) is 7.10. The van der Waals surface area contributed by atoms with Crippen LogP contribution in [0, 0.1) is 11.8 Å². The molecule has 11 heavy (non-hydrogen) atoms. The molecule has 2 fully saturated rings. The Bertz CT molecular complexity index is 181. The standard InChI is InChI=1S/C8H13NO2/c1-11-8(10)7-5-9-3-2-6(7)4-9/h6-7H,2-5H2,1H3/t6-,7-/m0/s1. The van der Waals surface area contributed by atoms with E-state index in [0.29, 0.717) is 5.92 Å². The van der Waals surface area contributed by atoms with Crippen molar-refractivity contribution >= 4 is 5.97 Å². The zero-order valence-corrected chi connectivity index (χ0v) is 6.75. The van der Waals surface area contributed by atoms with Gasteiger partial charge in [-0.25, -0.2) is 0 Å². The molecule has 2 aliphatic heterocycles. The van der Waals surface area contributed by atoms with Gasteiger partial charge >= 0.3 is 5.97 Å². The zero-order valence-electron chi connectivity index (χ0n) is 6.75. The van der Waals surface area contributed by atoms with Crippen molar-refractivity contribution in [2.75, 3.05) is 26.7 Å². The number of nitrogens with zero attached hydrogens (tertiary/aromatic N) is 1. The van der Waals surface area contributed by atoms with Crippen LogP contribution in [0.25, 0.3) is 0 Å². The molecule has 0 N–H and O–H groups in total. The number of carbonyl (C=O) groups is 1. The minimum absolute atomic E-state index is 0.0165. The van der Waals surface area contributed by atoms with Crippen LogP contribution in [0.5, 0.6) is 0 Å². The highest BCUT2D eigenvalue weighted by Gasteiger charge is 2.42. The summed E-state index contributed by atoms with van der Waals surface area (Å²) in [6.07, 6.45) is 1.18. The highest BCUT2D eigenvalue weighted by molar-refractivity contribution is 5.73. The van der Waals surface area contributed by atoms with Gasteiger partial charge in [-0.1, -0.05) is 0 Å². The average Bonchev–Trinajstić information content (AvgIpc) is 2.62. The fourth-order valence-corrected chi connectivity index (χ4v) is 2.20. The Morgan fingerprint density at radius 1 is 1.55 bits per heavy atom. The summed E-state index contributed by atoms with van der Waals surface area (Å²) in [4.78, 5) is 13.5. The van der Waals surface area contributed by atoms with Gasteiger partial charge in [0.1, 0.15) is 0 Å². The lowest BCUT2D eigenvalue weighted by atomic mass is 9.93. The van der Waals surface area contributed by atoms with E-state index in [0.717, 1.165) is 13.1 Å². The molecule has 0 spiro atoms. The van der Waals surface area contributed by atoms with Crippen LogP contribution in [0.1, 0.15) is 6.42 Å². The average molecular weight is 155 g/mol. The Morgan fingerprint density at radius 2 is 2.36 bits per heavy atom. The van der Waals surface area contributed by atoms with E-state index in [9.17, 15) is 4.79 Å². The van der Waals surface area contributed by atoms with E-state index in [-0.39, 0.29) is 11.9 Å². The lowest BCUT2D eigenvalue weighted by Gasteiger charge is -2.19. The van der Waals surface area contributed by atoms with Crippen LogP contribution in [-0.2, 0) is 9.53 Å². The molecule has 0 aromatic heterocycles. The Hall–Kier alpha value is -0.570. The number of esters is 1. The van der Waals surface area contributed by atoms with Crippen LogP contribution in [-0.4, -0.2) is 37.6 Å². The fraction of sp³-hybridized carbons (Fsp3) is 0.875. The molecule has 1 unspecified atom stereocenters. The quantitative estimate of drug-likeness (QED) is 0.503. The molecule has 2 bridgehead atoms. The first-order valence-electron chi connectivity index (χ1n) is 4.11. The van der Waals surface area contributed by atoms with Crippen LogP contribution in [0.15, 0.2) is 0 Å². The summed E-state index contributed by atoms with van der Waals surface area (Å²) < 4.78 is 4.72. The van der Waals surface area contributed by atoms with Gasteiger partial charge in [-0.3, -0.25) is 4.79 Å². The molecule has 3 heteroatoms. The van der Waals surface area contributed by atoms with Gasteiger partial charge in [0, 0.05) is 13.1 Å². The van der Waals surface area contributed by atoms with Crippen molar-refractivity contribution in [2.45, 2.75) is 6.42 Å². The third-order valence-corrected chi connectivity index (χ3v) is 2.84. The molecule has 0 aromatic carbocycles. The summed E-state index contributed by atoms with van der Waals surface area (Å²) in [7, 11) is 1.48. The topological polar surface area (TPSA) is 29.5 Å². The number of piperidine rings is 1. The summed E-state index contributed by atoms with van der Waals surface area (Å²) in [5, 5.41) is 0. The van der Waals surface area contributed by atoms with E-state index in [1.807, 2.05) is 0 Å². The summed E-state index contributed by atoms with van der Waals surface area (Å²) >= 11 is 0. The van der Waals surface area contributed by atoms with Crippen molar-refractivity contribution in [2.24, 2.45) is 11.8 Å². The number of carbonyl (C=O) groups excluding carboxylic acids is 1. The van der Waals surface area contributed by atoms with Crippen molar-refractivity contribution in [3.8, 4) is 0 Å². The number of ether oxygens (including phenoxy) is 1. The second kappa shape index (κ2) is 2.48. The molecule has 62 valence electrons. The van der Waals surface area contributed by atoms with Gasteiger partial charge in [0.2, 0.25) is 0 Å². The van der Waals surface area contributed by atoms with Crippen LogP contribution in [0.4, 0.5) is 0 Å². The van der Waals surface area contributed by atoms with Gasteiger partial charge in [-0.15, -0.1) is 0 Å². The van der Waals surface area contributed by atoms with Gasteiger partial charge in [-0.05, 0) is 18.9 Å². The van der Waals surface area contributed by atoms with Gasteiger partial charge < -0.3 is 9.64 Å². The number of hydrogen-bond acceptors (Lipinski definition) is 3. The van der Waals surface area contributed by atoms with Crippen LogP contribution in [0.3, 0.4) is 0 Å². The van der Waals surface area contributed by atoms with Gasteiger partial charge in [0.25, 0.3) is 0 Å². The Balaban J connectivity index is 2.02. The number of rotatable bonds is 1. The zero-order chi connectivity index (χ0) is 7.84. The molecule has 0 radical (unpaired) electrons. The van der Waals surface area contributed by atoms with Crippen molar-refractivity contribution < 1.29 is 9.53 Å². The Labute approximate surface area is 66.3 Å². The molecule has 0 aromatic rings. The third kappa shape index (κ3) is 1.03. The van der Waals surface area contributed by atoms with Crippen molar-refractivity contribution in [3.63, 3.8) is 0 Å². The lowest BCUT2D eigenvalue weighted by molar-refractivity contribution is -0.146. The molecule has 2 heterocycles. The van der Waals surface area contributed by atoms with Crippen LogP contribution in [0.2, 0.25) is 0 Å². The number of hydrogen-bond donors (Lipinski definition) is 0. The van der Waals surface area contributed by atoms with Crippen molar-refractivity contribution in [1.29, 1.82) is 0 Å². The van der Waals surface area contributed by atoms with E-state index < -0.39 is 0 Å². The van der Waals surface area contributed by atoms with Gasteiger partial charge in [0.05, 0.1) is 13.0 Å². The lowest BCUT2D eigenvalue weighted by Crippen LogP contribution is -2.30. The molecule has 0 saturated carbocycles. The largest absolute Gasteiger partial charge is 0.469 e. The number of methoxy groups -OCH3 is 1. The molecule has 3 atom stereocenters. The summed E-state index contributed by atoms with van der Waals surface area (Å²) in [5.74, 6) is 0.744. The van der Waals surface area contributed by atoms with Gasteiger partial charge in [0.15, 0.2) is 0 Å². The minimum Gasteiger partial charge on any atom is -0.469 e.